The number of imidazole rings is 1. The van der Waals surface area contributed by atoms with Crippen molar-refractivity contribution in [1.29, 1.82) is 0 Å². The van der Waals surface area contributed by atoms with Crippen molar-refractivity contribution >= 4 is 0 Å². The summed E-state index contributed by atoms with van der Waals surface area (Å²) in [5.74, 6) is 0.665. The van der Waals surface area contributed by atoms with E-state index in [4.69, 9.17) is 0 Å². The van der Waals surface area contributed by atoms with Crippen molar-refractivity contribution in [1.82, 2.24) is 14.9 Å². The molecule has 21 heavy (non-hydrogen) atoms. The third kappa shape index (κ3) is 4.43. The summed E-state index contributed by atoms with van der Waals surface area (Å²) in [4.78, 5) is 4.28. The lowest BCUT2D eigenvalue weighted by Crippen LogP contribution is -2.24. The molecule has 0 amide bonds. The van der Waals surface area contributed by atoms with Gasteiger partial charge in [0.2, 0.25) is 0 Å². The molecule has 2 rings (SSSR count). The first kappa shape index (κ1) is 15.8. The van der Waals surface area contributed by atoms with Crippen LogP contribution in [0.5, 0.6) is 0 Å². The quantitative estimate of drug-likeness (QED) is 0.820. The van der Waals surface area contributed by atoms with Crippen LogP contribution in [0.3, 0.4) is 0 Å². The number of hydrogen-bond donors (Lipinski definition) is 1. The van der Waals surface area contributed by atoms with Gasteiger partial charge in [-0.2, -0.15) is 0 Å². The second-order valence-electron chi connectivity index (χ2n) is 6.36. The lowest BCUT2D eigenvalue weighted by molar-refractivity contribution is 0.419. The fraction of sp³-hybridized carbons (Fsp3) is 0.500. The Labute approximate surface area is 128 Å². The zero-order valence-electron chi connectivity index (χ0n) is 13.6. The summed E-state index contributed by atoms with van der Waals surface area (Å²) in [6.45, 7) is 9.78. The van der Waals surface area contributed by atoms with Gasteiger partial charge < -0.3 is 9.88 Å². The second-order valence-corrected chi connectivity index (χ2v) is 6.36. The standard InChI is InChI=1S/C18H27N3/c1-14(2)10-18(16-8-6-5-7-9-16)20-12-17-11-19-13-21(17)15(3)4/h5-9,11,13-15,18,20H,10,12H2,1-4H3. The van der Waals surface area contributed by atoms with Crippen LogP contribution in [0, 0.1) is 5.92 Å². The van der Waals surface area contributed by atoms with E-state index in [0.717, 1.165) is 13.0 Å². The maximum absolute atomic E-state index is 4.28. The van der Waals surface area contributed by atoms with E-state index in [2.05, 4.69) is 72.9 Å². The topological polar surface area (TPSA) is 29.9 Å². The summed E-state index contributed by atoms with van der Waals surface area (Å²) < 4.78 is 2.23. The van der Waals surface area contributed by atoms with E-state index in [1.54, 1.807) is 0 Å². The van der Waals surface area contributed by atoms with Gasteiger partial charge in [-0.25, -0.2) is 4.98 Å². The SMILES string of the molecule is CC(C)CC(NCc1cncn1C(C)C)c1ccccc1. The molecule has 0 radical (unpaired) electrons. The highest BCUT2D eigenvalue weighted by atomic mass is 15.1. The van der Waals surface area contributed by atoms with E-state index in [0.29, 0.717) is 18.0 Å². The Morgan fingerprint density at radius 2 is 1.81 bits per heavy atom. The minimum absolute atomic E-state index is 0.390. The van der Waals surface area contributed by atoms with E-state index < -0.39 is 0 Å². The van der Waals surface area contributed by atoms with Crippen molar-refractivity contribution in [2.24, 2.45) is 5.92 Å². The largest absolute Gasteiger partial charge is 0.331 e. The fourth-order valence-electron chi connectivity index (χ4n) is 2.66. The number of nitrogens with one attached hydrogen (secondary N) is 1. The average Bonchev–Trinajstić information content (AvgIpc) is 2.92. The molecule has 0 fully saturated rings. The van der Waals surface area contributed by atoms with Gasteiger partial charge in [-0.1, -0.05) is 44.2 Å². The van der Waals surface area contributed by atoms with Crippen LogP contribution in [0.15, 0.2) is 42.9 Å². The van der Waals surface area contributed by atoms with Crippen molar-refractivity contribution in [3.63, 3.8) is 0 Å². The molecule has 0 aliphatic heterocycles. The third-order valence-electron chi connectivity index (χ3n) is 3.74. The first-order valence-electron chi connectivity index (χ1n) is 7.87. The summed E-state index contributed by atoms with van der Waals surface area (Å²) >= 11 is 0. The Morgan fingerprint density at radius 3 is 2.43 bits per heavy atom. The highest BCUT2D eigenvalue weighted by Crippen LogP contribution is 2.22. The molecule has 1 atom stereocenters. The van der Waals surface area contributed by atoms with Gasteiger partial charge in [0.25, 0.3) is 0 Å². The molecule has 0 bridgehead atoms. The van der Waals surface area contributed by atoms with Gasteiger partial charge in [0.05, 0.1) is 12.0 Å². The molecular weight excluding hydrogens is 258 g/mol. The molecule has 1 N–H and O–H groups in total. The first-order valence-corrected chi connectivity index (χ1v) is 7.87. The lowest BCUT2D eigenvalue weighted by atomic mass is 9.97. The Morgan fingerprint density at radius 1 is 1.10 bits per heavy atom. The van der Waals surface area contributed by atoms with Crippen LogP contribution in [0.1, 0.15) is 57.5 Å². The number of rotatable bonds is 7. The van der Waals surface area contributed by atoms with Crippen molar-refractivity contribution in [3.8, 4) is 0 Å². The fourth-order valence-corrected chi connectivity index (χ4v) is 2.66. The lowest BCUT2D eigenvalue weighted by Gasteiger charge is -2.22. The monoisotopic (exact) mass is 285 g/mol. The molecule has 0 spiro atoms. The van der Waals surface area contributed by atoms with Gasteiger partial charge in [-0.15, -0.1) is 0 Å². The summed E-state index contributed by atoms with van der Waals surface area (Å²) in [6, 6.07) is 11.6. The number of benzene rings is 1. The Bertz CT molecular complexity index is 528. The van der Waals surface area contributed by atoms with Crippen molar-refractivity contribution in [3.05, 3.63) is 54.1 Å². The maximum atomic E-state index is 4.28. The highest BCUT2D eigenvalue weighted by Gasteiger charge is 2.14. The minimum atomic E-state index is 0.390. The Kier molecular flexibility index (Phi) is 5.57. The van der Waals surface area contributed by atoms with Crippen molar-refractivity contribution in [2.45, 2.75) is 52.7 Å². The molecular formula is C18H27N3. The second kappa shape index (κ2) is 7.41. The van der Waals surface area contributed by atoms with Gasteiger partial charge in [0.1, 0.15) is 0 Å². The number of hydrogen-bond acceptors (Lipinski definition) is 2. The minimum Gasteiger partial charge on any atom is -0.331 e. The molecule has 0 aliphatic rings. The first-order chi connectivity index (χ1) is 10.1. The summed E-state index contributed by atoms with van der Waals surface area (Å²) in [7, 11) is 0. The average molecular weight is 285 g/mol. The predicted octanol–water partition coefficient (Wildman–Crippen LogP) is 4.34. The van der Waals surface area contributed by atoms with Crippen LogP contribution in [-0.2, 0) is 6.54 Å². The van der Waals surface area contributed by atoms with Crippen LogP contribution >= 0.6 is 0 Å². The smallest absolute Gasteiger partial charge is 0.0951 e. The number of nitrogens with zero attached hydrogens (tertiary/aromatic N) is 2. The van der Waals surface area contributed by atoms with E-state index in [9.17, 15) is 0 Å². The van der Waals surface area contributed by atoms with E-state index in [-0.39, 0.29) is 0 Å². The Hall–Kier alpha value is -1.61. The van der Waals surface area contributed by atoms with Gasteiger partial charge >= 0.3 is 0 Å². The normalized spacial score (nSPS) is 13.0. The van der Waals surface area contributed by atoms with E-state index in [1.165, 1.54) is 11.3 Å². The zero-order valence-corrected chi connectivity index (χ0v) is 13.6. The van der Waals surface area contributed by atoms with Crippen molar-refractivity contribution < 1.29 is 0 Å². The zero-order chi connectivity index (χ0) is 15.2. The summed E-state index contributed by atoms with van der Waals surface area (Å²) in [5.41, 5.74) is 2.61. The van der Waals surface area contributed by atoms with Gasteiger partial charge in [-0.05, 0) is 31.7 Å². The Balaban J connectivity index is 2.07. The molecule has 3 heteroatoms. The summed E-state index contributed by atoms with van der Waals surface area (Å²) in [5, 5.41) is 3.70. The summed E-state index contributed by atoms with van der Waals surface area (Å²) in [6.07, 6.45) is 5.02. The van der Waals surface area contributed by atoms with Crippen LogP contribution in [-0.4, -0.2) is 9.55 Å². The van der Waals surface area contributed by atoms with Crippen LogP contribution in [0.4, 0.5) is 0 Å². The van der Waals surface area contributed by atoms with Crippen LogP contribution in [0.25, 0.3) is 0 Å². The molecule has 1 unspecified atom stereocenters. The third-order valence-corrected chi connectivity index (χ3v) is 3.74. The predicted molar refractivity (Wildman–Crippen MR) is 88.1 cm³/mol. The molecule has 0 aliphatic carbocycles. The van der Waals surface area contributed by atoms with Gasteiger partial charge in [-0.3, -0.25) is 0 Å². The maximum Gasteiger partial charge on any atom is 0.0951 e. The highest BCUT2D eigenvalue weighted by molar-refractivity contribution is 5.19. The molecule has 0 saturated heterocycles. The van der Waals surface area contributed by atoms with E-state index >= 15 is 0 Å². The van der Waals surface area contributed by atoms with E-state index in [1.807, 2.05) is 12.5 Å². The van der Waals surface area contributed by atoms with Crippen LogP contribution < -0.4 is 5.32 Å². The molecule has 114 valence electrons. The van der Waals surface area contributed by atoms with Gasteiger partial charge in [0, 0.05) is 24.8 Å². The number of aromatic nitrogens is 2. The van der Waals surface area contributed by atoms with Crippen LogP contribution in [0.2, 0.25) is 0 Å². The molecule has 2 aromatic rings. The van der Waals surface area contributed by atoms with Crippen molar-refractivity contribution in [2.75, 3.05) is 0 Å². The molecule has 3 nitrogen and oxygen atoms in total. The molecule has 0 saturated carbocycles. The van der Waals surface area contributed by atoms with Gasteiger partial charge in [0.15, 0.2) is 0 Å². The molecule has 1 aromatic heterocycles. The molecule has 1 aromatic carbocycles. The molecule has 1 heterocycles.